The topological polar surface area (TPSA) is 71.8 Å². The molecule has 1 aliphatic rings. The van der Waals surface area contributed by atoms with E-state index in [-0.39, 0.29) is 18.4 Å². The van der Waals surface area contributed by atoms with E-state index in [1.165, 1.54) is 6.07 Å². The van der Waals surface area contributed by atoms with Gasteiger partial charge in [-0.1, -0.05) is 29.3 Å². The van der Waals surface area contributed by atoms with Crippen LogP contribution in [-0.2, 0) is 24.4 Å². The second kappa shape index (κ2) is 7.92. The SMILES string of the molecule is CC(C)OCc1cc(=O)c(O)c2n1CCN(Cc1ccc(Cl)c(Cl)c1)C2=O. The van der Waals surface area contributed by atoms with E-state index in [9.17, 15) is 14.7 Å². The van der Waals surface area contributed by atoms with Crippen molar-refractivity contribution in [2.45, 2.75) is 39.6 Å². The summed E-state index contributed by atoms with van der Waals surface area (Å²) in [6.45, 7) is 5.16. The summed E-state index contributed by atoms with van der Waals surface area (Å²) in [5, 5.41) is 11.1. The fraction of sp³-hybridized carbons (Fsp3) is 0.368. The lowest BCUT2D eigenvalue weighted by Crippen LogP contribution is -2.42. The molecular formula is C19H20Cl2N2O4. The molecule has 3 rings (SSSR count). The number of aromatic nitrogens is 1. The first-order chi connectivity index (χ1) is 12.8. The molecule has 0 saturated heterocycles. The number of benzene rings is 1. The highest BCUT2D eigenvalue weighted by molar-refractivity contribution is 6.42. The number of nitrogens with zero attached hydrogens (tertiary/aromatic N) is 2. The van der Waals surface area contributed by atoms with Crippen molar-refractivity contribution >= 4 is 29.1 Å². The zero-order valence-electron chi connectivity index (χ0n) is 15.0. The van der Waals surface area contributed by atoms with Gasteiger partial charge in [-0.3, -0.25) is 9.59 Å². The summed E-state index contributed by atoms with van der Waals surface area (Å²) < 4.78 is 7.24. The van der Waals surface area contributed by atoms with Crippen molar-refractivity contribution in [2.75, 3.05) is 6.54 Å². The van der Waals surface area contributed by atoms with Crippen LogP contribution >= 0.6 is 23.2 Å². The van der Waals surface area contributed by atoms with E-state index in [1.54, 1.807) is 27.7 Å². The first-order valence-electron chi connectivity index (χ1n) is 8.58. The van der Waals surface area contributed by atoms with Gasteiger partial charge in [0.15, 0.2) is 11.4 Å². The number of aromatic hydroxyl groups is 1. The summed E-state index contributed by atoms with van der Waals surface area (Å²) in [5.41, 5.74) is 0.792. The minimum atomic E-state index is -0.589. The van der Waals surface area contributed by atoms with Crippen molar-refractivity contribution in [3.05, 3.63) is 61.5 Å². The molecule has 0 bridgehead atoms. The molecule has 0 atom stereocenters. The Labute approximate surface area is 166 Å². The van der Waals surface area contributed by atoms with Gasteiger partial charge in [-0.2, -0.15) is 0 Å². The van der Waals surface area contributed by atoms with Crippen molar-refractivity contribution in [3.63, 3.8) is 0 Å². The van der Waals surface area contributed by atoms with Gasteiger partial charge >= 0.3 is 0 Å². The second-order valence-corrected chi connectivity index (χ2v) is 7.50. The van der Waals surface area contributed by atoms with Crippen LogP contribution in [0.15, 0.2) is 29.1 Å². The molecule has 2 aromatic rings. The first kappa shape index (κ1) is 19.7. The maximum Gasteiger partial charge on any atom is 0.274 e. The Morgan fingerprint density at radius 3 is 2.56 bits per heavy atom. The molecule has 0 spiro atoms. The zero-order valence-corrected chi connectivity index (χ0v) is 16.5. The van der Waals surface area contributed by atoms with Crippen LogP contribution in [0.4, 0.5) is 0 Å². The summed E-state index contributed by atoms with van der Waals surface area (Å²) in [6.07, 6.45) is -0.0180. The van der Waals surface area contributed by atoms with Gasteiger partial charge < -0.3 is 19.3 Å². The molecular weight excluding hydrogens is 391 g/mol. The molecule has 1 aliphatic heterocycles. The Morgan fingerprint density at radius 1 is 1.15 bits per heavy atom. The average Bonchev–Trinajstić information content (AvgIpc) is 2.61. The smallest absolute Gasteiger partial charge is 0.274 e. The molecule has 0 aliphatic carbocycles. The predicted molar refractivity (Wildman–Crippen MR) is 103 cm³/mol. The van der Waals surface area contributed by atoms with Gasteiger partial charge in [0.2, 0.25) is 5.43 Å². The van der Waals surface area contributed by atoms with E-state index in [1.807, 2.05) is 13.8 Å². The molecule has 1 aromatic carbocycles. The number of rotatable bonds is 5. The minimum Gasteiger partial charge on any atom is -0.503 e. The largest absolute Gasteiger partial charge is 0.503 e. The Kier molecular flexibility index (Phi) is 5.79. The fourth-order valence-corrected chi connectivity index (χ4v) is 3.33. The number of amides is 1. The Hall–Kier alpha value is -2.02. The summed E-state index contributed by atoms with van der Waals surface area (Å²) in [7, 11) is 0. The lowest BCUT2D eigenvalue weighted by atomic mass is 10.1. The molecule has 27 heavy (non-hydrogen) atoms. The van der Waals surface area contributed by atoms with Crippen LogP contribution in [0, 0.1) is 0 Å². The Balaban J connectivity index is 1.91. The number of fused-ring (bicyclic) bond motifs is 1. The fourth-order valence-electron chi connectivity index (χ4n) is 3.01. The summed E-state index contributed by atoms with van der Waals surface area (Å²) in [4.78, 5) is 26.6. The van der Waals surface area contributed by atoms with Crippen molar-refractivity contribution in [1.82, 2.24) is 9.47 Å². The number of pyridine rings is 1. The van der Waals surface area contributed by atoms with E-state index < -0.39 is 17.1 Å². The monoisotopic (exact) mass is 410 g/mol. The third-order valence-electron chi connectivity index (χ3n) is 4.38. The highest BCUT2D eigenvalue weighted by Crippen LogP contribution is 2.26. The van der Waals surface area contributed by atoms with Gasteiger partial charge in [-0.25, -0.2) is 0 Å². The maximum absolute atomic E-state index is 12.9. The van der Waals surface area contributed by atoms with Crippen LogP contribution in [-0.4, -0.2) is 33.1 Å². The quantitative estimate of drug-likeness (QED) is 0.818. The molecule has 6 nitrogen and oxygen atoms in total. The van der Waals surface area contributed by atoms with Crippen LogP contribution in [0.1, 0.15) is 35.6 Å². The normalized spacial score (nSPS) is 14.0. The highest BCUT2D eigenvalue weighted by Gasteiger charge is 2.30. The maximum atomic E-state index is 12.9. The summed E-state index contributed by atoms with van der Waals surface area (Å²) in [5.74, 6) is -0.944. The first-order valence-corrected chi connectivity index (χ1v) is 9.34. The van der Waals surface area contributed by atoms with Crippen LogP contribution in [0.3, 0.4) is 0 Å². The van der Waals surface area contributed by atoms with E-state index in [0.717, 1.165) is 5.56 Å². The highest BCUT2D eigenvalue weighted by atomic mass is 35.5. The number of carbonyl (C=O) groups is 1. The molecule has 1 amide bonds. The van der Waals surface area contributed by atoms with Gasteiger partial charge in [-0.15, -0.1) is 0 Å². The number of ether oxygens (including phenoxy) is 1. The van der Waals surface area contributed by atoms with Crippen molar-refractivity contribution < 1.29 is 14.6 Å². The van der Waals surface area contributed by atoms with Crippen LogP contribution in [0.2, 0.25) is 10.0 Å². The number of halogens is 2. The van der Waals surface area contributed by atoms with Crippen molar-refractivity contribution in [1.29, 1.82) is 0 Å². The summed E-state index contributed by atoms with van der Waals surface area (Å²) >= 11 is 12.0. The predicted octanol–water partition coefficient (Wildman–Crippen LogP) is 3.44. The molecule has 0 unspecified atom stereocenters. The molecule has 0 fully saturated rings. The molecule has 0 radical (unpaired) electrons. The van der Waals surface area contributed by atoms with Gasteiger partial charge in [0.05, 0.1) is 22.8 Å². The minimum absolute atomic E-state index is 0.00355. The molecule has 1 N–H and O–H groups in total. The van der Waals surface area contributed by atoms with Crippen LogP contribution in [0.5, 0.6) is 5.75 Å². The molecule has 144 valence electrons. The van der Waals surface area contributed by atoms with Gasteiger partial charge in [0.25, 0.3) is 5.91 Å². The lowest BCUT2D eigenvalue weighted by Gasteiger charge is -2.32. The van der Waals surface area contributed by atoms with Crippen molar-refractivity contribution in [3.8, 4) is 5.75 Å². The van der Waals surface area contributed by atoms with Gasteiger partial charge in [-0.05, 0) is 31.5 Å². The third-order valence-corrected chi connectivity index (χ3v) is 5.12. The van der Waals surface area contributed by atoms with E-state index in [0.29, 0.717) is 35.4 Å². The molecule has 0 saturated carbocycles. The van der Waals surface area contributed by atoms with E-state index in [4.69, 9.17) is 27.9 Å². The van der Waals surface area contributed by atoms with Crippen LogP contribution < -0.4 is 5.43 Å². The third kappa shape index (κ3) is 4.13. The Bertz CT molecular complexity index is 940. The van der Waals surface area contributed by atoms with E-state index >= 15 is 0 Å². The van der Waals surface area contributed by atoms with Crippen molar-refractivity contribution in [2.24, 2.45) is 0 Å². The number of hydrogen-bond acceptors (Lipinski definition) is 4. The van der Waals surface area contributed by atoms with Crippen LogP contribution in [0.25, 0.3) is 0 Å². The van der Waals surface area contributed by atoms with E-state index in [2.05, 4.69) is 0 Å². The molecule has 2 heterocycles. The van der Waals surface area contributed by atoms with Gasteiger partial charge in [0.1, 0.15) is 0 Å². The summed E-state index contributed by atoms with van der Waals surface area (Å²) in [6, 6.07) is 6.48. The van der Waals surface area contributed by atoms with Gasteiger partial charge in [0, 0.05) is 31.4 Å². The Morgan fingerprint density at radius 2 is 1.89 bits per heavy atom. The second-order valence-electron chi connectivity index (χ2n) is 6.68. The number of carbonyl (C=O) groups excluding carboxylic acids is 1. The zero-order chi connectivity index (χ0) is 19.7. The standard InChI is InChI=1S/C19H20Cl2N2O4/c1-11(2)27-10-13-8-16(24)18(25)17-19(26)22(5-6-23(13)17)9-12-3-4-14(20)15(21)7-12/h3-4,7-8,11,25H,5-6,9-10H2,1-2H3. The average molecular weight is 411 g/mol. The molecule has 1 aromatic heterocycles. The molecule has 8 heteroatoms. The lowest BCUT2D eigenvalue weighted by molar-refractivity contribution is 0.0565. The number of hydrogen-bond donors (Lipinski definition) is 1.